The Balaban J connectivity index is 1.48. The highest BCUT2D eigenvalue weighted by atomic mass is 19.1. The van der Waals surface area contributed by atoms with E-state index in [0.717, 1.165) is 39.1 Å². The molecule has 5 aromatic rings. The van der Waals surface area contributed by atoms with Gasteiger partial charge in [-0.15, -0.1) is 0 Å². The van der Waals surface area contributed by atoms with Crippen LogP contribution in [0.5, 0.6) is 5.75 Å². The zero-order chi connectivity index (χ0) is 25.5. The summed E-state index contributed by atoms with van der Waals surface area (Å²) in [6.07, 6.45) is 0. The van der Waals surface area contributed by atoms with E-state index in [1.54, 1.807) is 13.2 Å². The summed E-state index contributed by atoms with van der Waals surface area (Å²) in [4.78, 5) is 19.0. The Hall–Kier alpha value is -4.50. The number of aromatic amines is 1. The van der Waals surface area contributed by atoms with Gasteiger partial charge in [-0.25, -0.2) is 14.2 Å². The van der Waals surface area contributed by atoms with E-state index in [9.17, 15) is 9.18 Å². The molecule has 8 nitrogen and oxygen atoms in total. The fraction of sp³-hybridized carbons (Fsp3) is 0.179. The summed E-state index contributed by atoms with van der Waals surface area (Å²) in [5.74, 6) is 0.524. The number of allylic oxidation sites excluding steroid dienone is 1. The predicted octanol–water partition coefficient (Wildman–Crippen LogP) is 4.92. The Morgan fingerprint density at radius 1 is 1.14 bits per heavy atom. The lowest BCUT2D eigenvalue weighted by Crippen LogP contribution is -2.07. The second kappa shape index (κ2) is 9.18. The van der Waals surface area contributed by atoms with Crippen molar-refractivity contribution in [2.75, 3.05) is 7.11 Å². The molecule has 0 saturated heterocycles. The SMILES string of the molecule is COCc1nc2ccccc2n1Cc1ccc2c(c1)COc1cc(F)ccc1/C2=C(/C)c1noc(=O)[nH]1. The number of hydrogen-bond donors (Lipinski definition) is 1. The number of nitrogens with one attached hydrogen (secondary N) is 1. The van der Waals surface area contributed by atoms with Gasteiger partial charge in [0.25, 0.3) is 0 Å². The Morgan fingerprint density at radius 3 is 2.78 bits per heavy atom. The number of H-pyrrole nitrogens is 1. The van der Waals surface area contributed by atoms with Gasteiger partial charge in [-0.3, -0.25) is 9.51 Å². The van der Waals surface area contributed by atoms with E-state index >= 15 is 0 Å². The number of imidazole rings is 1. The van der Waals surface area contributed by atoms with E-state index < -0.39 is 11.6 Å². The maximum atomic E-state index is 14.1. The number of benzene rings is 3. The number of methoxy groups -OCH3 is 1. The molecule has 1 aliphatic rings. The van der Waals surface area contributed by atoms with Crippen LogP contribution in [0.1, 0.15) is 40.8 Å². The van der Waals surface area contributed by atoms with Gasteiger partial charge in [-0.1, -0.05) is 29.4 Å². The van der Waals surface area contributed by atoms with Crippen LogP contribution >= 0.6 is 0 Å². The molecule has 6 rings (SSSR count). The molecule has 0 radical (unpaired) electrons. The Kier molecular flexibility index (Phi) is 5.69. The molecule has 0 aliphatic carbocycles. The number of aromatic nitrogens is 4. The van der Waals surface area contributed by atoms with E-state index in [1.165, 1.54) is 12.1 Å². The number of fused-ring (bicyclic) bond motifs is 3. The van der Waals surface area contributed by atoms with Crippen molar-refractivity contribution < 1.29 is 18.4 Å². The fourth-order valence-electron chi connectivity index (χ4n) is 4.87. The summed E-state index contributed by atoms with van der Waals surface area (Å²) >= 11 is 0. The zero-order valence-corrected chi connectivity index (χ0v) is 20.2. The van der Waals surface area contributed by atoms with Crippen LogP contribution in [-0.2, 0) is 24.5 Å². The van der Waals surface area contributed by atoms with Crippen molar-refractivity contribution in [3.63, 3.8) is 0 Å². The largest absolute Gasteiger partial charge is 0.488 e. The van der Waals surface area contributed by atoms with E-state index in [0.29, 0.717) is 35.9 Å². The monoisotopic (exact) mass is 498 g/mol. The maximum Gasteiger partial charge on any atom is 0.439 e. The third kappa shape index (κ3) is 4.13. The summed E-state index contributed by atoms with van der Waals surface area (Å²) in [5.41, 5.74) is 6.98. The van der Waals surface area contributed by atoms with E-state index in [1.807, 2.05) is 37.3 Å². The number of ether oxygens (including phenoxy) is 2. The molecule has 0 fully saturated rings. The minimum Gasteiger partial charge on any atom is -0.488 e. The van der Waals surface area contributed by atoms with Crippen LogP contribution in [0.2, 0.25) is 0 Å². The molecule has 1 aliphatic heterocycles. The smallest absolute Gasteiger partial charge is 0.439 e. The highest BCUT2D eigenvalue weighted by Gasteiger charge is 2.24. The molecule has 0 amide bonds. The molecule has 3 heterocycles. The Labute approximate surface area is 211 Å². The van der Waals surface area contributed by atoms with Gasteiger partial charge in [-0.05, 0) is 59.5 Å². The van der Waals surface area contributed by atoms with Gasteiger partial charge < -0.3 is 14.0 Å². The topological polar surface area (TPSA) is 95.2 Å². The van der Waals surface area contributed by atoms with Crippen molar-refractivity contribution in [1.29, 1.82) is 0 Å². The van der Waals surface area contributed by atoms with E-state index in [-0.39, 0.29) is 6.61 Å². The number of nitrogens with zero attached hydrogens (tertiary/aromatic N) is 3. The minimum atomic E-state index is -0.644. The standard InChI is InChI=1S/C28H23FN4O4/c1-16(27-31-28(34)37-32-27)26-20-9-7-17(11-18(20)14-36-24-12-19(29)8-10-21(24)26)13-33-23-6-4-3-5-22(23)30-25(33)15-35-2/h3-12H,13-15H2,1-2H3,(H,31,32,34)/b26-16-. The quantitative estimate of drug-likeness (QED) is 0.370. The minimum absolute atomic E-state index is 0.251. The molecule has 186 valence electrons. The lowest BCUT2D eigenvalue weighted by molar-refractivity contribution is 0.175. The summed E-state index contributed by atoms with van der Waals surface area (Å²) in [6, 6.07) is 18.6. The van der Waals surface area contributed by atoms with Crippen LogP contribution in [0.3, 0.4) is 0 Å². The summed E-state index contributed by atoms with van der Waals surface area (Å²) in [6.45, 7) is 3.07. The average Bonchev–Trinajstić information content (AvgIpc) is 3.44. The maximum absolute atomic E-state index is 14.1. The molecule has 0 spiro atoms. The van der Waals surface area contributed by atoms with E-state index in [4.69, 9.17) is 19.0 Å². The summed E-state index contributed by atoms with van der Waals surface area (Å²) in [5, 5.41) is 3.87. The first-order chi connectivity index (χ1) is 18.0. The summed E-state index contributed by atoms with van der Waals surface area (Å²) in [7, 11) is 1.65. The van der Waals surface area contributed by atoms with Crippen molar-refractivity contribution in [3.8, 4) is 5.75 Å². The van der Waals surface area contributed by atoms with Crippen molar-refractivity contribution in [1.82, 2.24) is 19.7 Å². The van der Waals surface area contributed by atoms with Gasteiger partial charge >= 0.3 is 5.76 Å². The highest BCUT2D eigenvalue weighted by molar-refractivity contribution is 5.99. The van der Waals surface area contributed by atoms with Crippen LogP contribution in [0.4, 0.5) is 4.39 Å². The molecule has 0 bridgehead atoms. The Bertz CT molecular complexity index is 1730. The van der Waals surface area contributed by atoms with Gasteiger partial charge in [0.2, 0.25) is 0 Å². The van der Waals surface area contributed by atoms with Crippen molar-refractivity contribution in [2.24, 2.45) is 0 Å². The van der Waals surface area contributed by atoms with E-state index in [2.05, 4.69) is 26.8 Å². The molecule has 0 atom stereocenters. The van der Waals surface area contributed by atoms with Crippen LogP contribution < -0.4 is 10.5 Å². The fourth-order valence-corrected chi connectivity index (χ4v) is 4.87. The van der Waals surface area contributed by atoms with Crippen LogP contribution in [0, 0.1) is 5.82 Å². The van der Waals surface area contributed by atoms with Gasteiger partial charge in [0.1, 0.15) is 30.6 Å². The van der Waals surface area contributed by atoms with Gasteiger partial charge in [0, 0.05) is 30.9 Å². The molecule has 2 aromatic heterocycles. The second-order valence-electron chi connectivity index (χ2n) is 8.90. The molecule has 9 heteroatoms. The zero-order valence-electron chi connectivity index (χ0n) is 20.2. The van der Waals surface area contributed by atoms with Gasteiger partial charge in [-0.2, -0.15) is 0 Å². The van der Waals surface area contributed by atoms with Crippen LogP contribution in [0.25, 0.3) is 22.2 Å². The van der Waals surface area contributed by atoms with Crippen molar-refractivity contribution >= 4 is 22.2 Å². The third-order valence-corrected chi connectivity index (χ3v) is 6.55. The summed E-state index contributed by atoms with van der Waals surface area (Å²) < 4.78 is 32.5. The molecule has 0 unspecified atom stereocenters. The lowest BCUT2D eigenvalue weighted by atomic mass is 9.89. The molecule has 37 heavy (non-hydrogen) atoms. The normalized spacial score (nSPS) is 14.1. The first kappa shape index (κ1) is 22.9. The first-order valence-electron chi connectivity index (χ1n) is 11.8. The number of para-hydroxylation sites is 2. The Morgan fingerprint density at radius 2 is 1.97 bits per heavy atom. The van der Waals surface area contributed by atoms with Crippen molar-refractivity contribution in [3.05, 3.63) is 111 Å². The predicted molar refractivity (Wildman–Crippen MR) is 135 cm³/mol. The molecule has 0 saturated carbocycles. The molecule has 1 N–H and O–H groups in total. The lowest BCUT2D eigenvalue weighted by Gasteiger charge is -2.15. The van der Waals surface area contributed by atoms with Gasteiger partial charge in [0.05, 0.1) is 11.0 Å². The number of halogens is 1. The molecular weight excluding hydrogens is 475 g/mol. The molecule has 3 aromatic carbocycles. The van der Waals surface area contributed by atoms with Gasteiger partial charge in [0.15, 0.2) is 5.82 Å². The number of rotatable bonds is 5. The first-order valence-corrected chi connectivity index (χ1v) is 11.8. The van der Waals surface area contributed by atoms with Crippen molar-refractivity contribution in [2.45, 2.75) is 26.7 Å². The second-order valence-corrected chi connectivity index (χ2v) is 8.90. The third-order valence-electron chi connectivity index (χ3n) is 6.55. The molecular formula is C28H23FN4O4. The average molecular weight is 499 g/mol. The number of hydrogen-bond acceptors (Lipinski definition) is 6. The highest BCUT2D eigenvalue weighted by Crippen LogP contribution is 2.41. The van der Waals surface area contributed by atoms with Crippen LogP contribution in [0.15, 0.2) is 70.0 Å². The van der Waals surface area contributed by atoms with Crippen LogP contribution in [-0.4, -0.2) is 26.8 Å².